The Bertz CT molecular complexity index is 612. The van der Waals surface area contributed by atoms with Gasteiger partial charge in [0.05, 0.1) is 5.69 Å². The highest BCUT2D eigenvalue weighted by atomic mass is 19.4. The van der Waals surface area contributed by atoms with Crippen LogP contribution in [-0.2, 0) is 6.18 Å². The van der Waals surface area contributed by atoms with E-state index in [1.54, 1.807) is 24.3 Å². The molecule has 0 spiro atoms. The van der Waals surface area contributed by atoms with Gasteiger partial charge in [0, 0.05) is 12.1 Å². The number of ether oxygens (including phenoxy) is 1. The van der Waals surface area contributed by atoms with Gasteiger partial charge in [-0.1, -0.05) is 29.8 Å². The zero-order valence-electron chi connectivity index (χ0n) is 11.3. The van der Waals surface area contributed by atoms with Gasteiger partial charge in [0.25, 0.3) is 0 Å². The summed E-state index contributed by atoms with van der Waals surface area (Å²) >= 11 is 0. The summed E-state index contributed by atoms with van der Waals surface area (Å²) in [6.07, 6.45) is -4.57. The third-order valence-electron chi connectivity index (χ3n) is 2.69. The molecule has 0 bridgehead atoms. The number of aryl methyl sites for hydroxylation is 1. The molecular formula is C14H14F3N3O. The lowest BCUT2D eigenvalue weighted by Gasteiger charge is -2.11. The van der Waals surface area contributed by atoms with Crippen LogP contribution in [0.5, 0.6) is 6.01 Å². The van der Waals surface area contributed by atoms with E-state index >= 15 is 0 Å². The summed E-state index contributed by atoms with van der Waals surface area (Å²) in [5.74, 6) is 0. The molecule has 1 heterocycles. The Kier molecular flexibility index (Phi) is 4.42. The van der Waals surface area contributed by atoms with Crippen molar-refractivity contribution in [2.45, 2.75) is 13.1 Å². The highest BCUT2D eigenvalue weighted by Gasteiger charge is 2.34. The molecule has 112 valence electrons. The molecule has 0 fully saturated rings. The Labute approximate surface area is 119 Å². The van der Waals surface area contributed by atoms with E-state index in [-0.39, 0.29) is 24.9 Å². The summed E-state index contributed by atoms with van der Waals surface area (Å²) < 4.78 is 43.7. The van der Waals surface area contributed by atoms with Gasteiger partial charge >= 0.3 is 12.2 Å². The predicted octanol–water partition coefficient (Wildman–Crippen LogP) is 2.81. The van der Waals surface area contributed by atoms with Crippen LogP contribution in [0.3, 0.4) is 0 Å². The molecule has 0 aliphatic heterocycles. The molecule has 0 atom stereocenters. The second-order valence-corrected chi connectivity index (χ2v) is 4.42. The monoisotopic (exact) mass is 297 g/mol. The molecule has 0 amide bonds. The van der Waals surface area contributed by atoms with Crippen molar-refractivity contribution in [1.29, 1.82) is 0 Å². The summed E-state index contributed by atoms with van der Waals surface area (Å²) in [6, 6.07) is 7.57. The van der Waals surface area contributed by atoms with Crippen molar-refractivity contribution in [3.63, 3.8) is 0 Å². The maximum absolute atomic E-state index is 12.9. The summed E-state index contributed by atoms with van der Waals surface area (Å²) in [4.78, 5) is 7.37. The van der Waals surface area contributed by atoms with Gasteiger partial charge in [-0.15, -0.1) is 0 Å². The first-order chi connectivity index (χ1) is 9.90. The molecule has 0 radical (unpaired) electrons. The van der Waals surface area contributed by atoms with Crippen molar-refractivity contribution >= 4 is 0 Å². The van der Waals surface area contributed by atoms with Gasteiger partial charge in [-0.3, -0.25) is 0 Å². The Hall–Kier alpha value is -2.15. The predicted molar refractivity (Wildman–Crippen MR) is 71.8 cm³/mol. The zero-order chi connectivity index (χ0) is 15.5. The fraction of sp³-hybridized carbons (Fsp3) is 0.286. The summed E-state index contributed by atoms with van der Waals surface area (Å²) in [6.45, 7) is 2.11. The Morgan fingerprint density at radius 1 is 1.14 bits per heavy atom. The molecule has 0 aliphatic carbocycles. The number of benzene rings is 1. The van der Waals surface area contributed by atoms with Crippen molar-refractivity contribution in [2.75, 3.05) is 13.2 Å². The second-order valence-electron chi connectivity index (χ2n) is 4.42. The van der Waals surface area contributed by atoms with Crippen molar-refractivity contribution < 1.29 is 17.9 Å². The molecule has 0 unspecified atom stereocenters. The number of nitrogens with zero attached hydrogens (tertiary/aromatic N) is 2. The van der Waals surface area contributed by atoms with Gasteiger partial charge in [-0.05, 0) is 13.0 Å². The van der Waals surface area contributed by atoms with E-state index in [0.717, 1.165) is 11.6 Å². The van der Waals surface area contributed by atoms with Gasteiger partial charge in [-0.2, -0.15) is 23.1 Å². The fourth-order valence-corrected chi connectivity index (χ4v) is 1.66. The summed E-state index contributed by atoms with van der Waals surface area (Å²) in [5.41, 5.74) is 5.94. The number of halogens is 3. The Morgan fingerprint density at radius 3 is 2.38 bits per heavy atom. The minimum Gasteiger partial charge on any atom is -0.462 e. The topological polar surface area (TPSA) is 61.0 Å². The fourth-order valence-electron chi connectivity index (χ4n) is 1.66. The minimum atomic E-state index is -4.57. The normalized spacial score (nSPS) is 11.5. The number of nitrogens with two attached hydrogens (primary N) is 1. The first-order valence-corrected chi connectivity index (χ1v) is 6.26. The third kappa shape index (κ3) is 3.91. The van der Waals surface area contributed by atoms with Crippen LogP contribution in [0.1, 0.15) is 11.3 Å². The molecule has 2 aromatic rings. The van der Waals surface area contributed by atoms with Gasteiger partial charge in [-0.25, -0.2) is 0 Å². The van der Waals surface area contributed by atoms with Crippen molar-refractivity contribution in [3.05, 3.63) is 41.6 Å². The van der Waals surface area contributed by atoms with Crippen molar-refractivity contribution in [3.8, 4) is 17.3 Å². The maximum Gasteiger partial charge on any atom is 0.433 e. The average molecular weight is 297 g/mol. The molecule has 1 aromatic carbocycles. The molecule has 4 nitrogen and oxygen atoms in total. The van der Waals surface area contributed by atoms with Crippen LogP contribution in [0, 0.1) is 6.92 Å². The van der Waals surface area contributed by atoms with Gasteiger partial charge in [0.1, 0.15) is 6.61 Å². The molecule has 2 N–H and O–H groups in total. The molecule has 7 heteroatoms. The van der Waals surface area contributed by atoms with Crippen LogP contribution in [0.2, 0.25) is 0 Å². The Balaban J connectivity index is 2.46. The van der Waals surface area contributed by atoms with E-state index in [0.29, 0.717) is 5.56 Å². The van der Waals surface area contributed by atoms with E-state index in [4.69, 9.17) is 10.5 Å². The largest absolute Gasteiger partial charge is 0.462 e. The quantitative estimate of drug-likeness (QED) is 0.942. The van der Waals surface area contributed by atoms with Crippen LogP contribution < -0.4 is 10.5 Å². The first kappa shape index (κ1) is 15.2. The van der Waals surface area contributed by atoms with Gasteiger partial charge < -0.3 is 10.5 Å². The van der Waals surface area contributed by atoms with E-state index in [9.17, 15) is 13.2 Å². The van der Waals surface area contributed by atoms with E-state index < -0.39 is 11.9 Å². The number of aromatic nitrogens is 2. The third-order valence-corrected chi connectivity index (χ3v) is 2.69. The average Bonchev–Trinajstić information content (AvgIpc) is 2.44. The number of alkyl halides is 3. The number of rotatable bonds is 4. The number of hydrogen-bond acceptors (Lipinski definition) is 4. The lowest BCUT2D eigenvalue weighted by Crippen LogP contribution is -2.15. The van der Waals surface area contributed by atoms with Gasteiger partial charge in [0.2, 0.25) is 0 Å². The van der Waals surface area contributed by atoms with Crippen LogP contribution >= 0.6 is 0 Å². The smallest absolute Gasteiger partial charge is 0.433 e. The first-order valence-electron chi connectivity index (χ1n) is 6.26. The lowest BCUT2D eigenvalue weighted by atomic mass is 10.1. The standard InChI is InChI=1S/C14H14F3N3O/c1-9-2-4-10(5-3-9)11-8-12(14(15,16)17)20-13(19-11)21-7-6-18/h2-5,8H,6-7,18H2,1H3. The lowest BCUT2D eigenvalue weighted by molar-refractivity contribution is -0.141. The highest BCUT2D eigenvalue weighted by Crippen LogP contribution is 2.31. The van der Waals surface area contributed by atoms with Crippen molar-refractivity contribution in [2.24, 2.45) is 5.73 Å². The molecule has 2 rings (SSSR count). The summed E-state index contributed by atoms with van der Waals surface area (Å²) in [7, 11) is 0. The summed E-state index contributed by atoms with van der Waals surface area (Å²) in [5, 5.41) is 0. The maximum atomic E-state index is 12.9. The van der Waals surface area contributed by atoms with E-state index in [1.165, 1.54) is 0 Å². The van der Waals surface area contributed by atoms with Crippen LogP contribution in [-0.4, -0.2) is 23.1 Å². The Morgan fingerprint density at radius 2 is 1.81 bits per heavy atom. The second kappa shape index (κ2) is 6.09. The molecular weight excluding hydrogens is 283 g/mol. The van der Waals surface area contributed by atoms with Crippen molar-refractivity contribution in [1.82, 2.24) is 9.97 Å². The molecule has 1 aromatic heterocycles. The minimum absolute atomic E-state index is 0.0502. The molecule has 0 saturated heterocycles. The highest BCUT2D eigenvalue weighted by molar-refractivity contribution is 5.60. The van der Waals surface area contributed by atoms with Crippen LogP contribution in [0.25, 0.3) is 11.3 Å². The number of hydrogen-bond donors (Lipinski definition) is 1. The van der Waals surface area contributed by atoms with E-state index in [1.807, 2.05) is 6.92 Å². The van der Waals surface area contributed by atoms with Crippen LogP contribution in [0.4, 0.5) is 13.2 Å². The van der Waals surface area contributed by atoms with E-state index in [2.05, 4.69) is 9.97 Å². The zero-order valence-corrected chi connectivity index (χ0v) is 11.3. The van der Waals surface area contributed by atoms with Crippen LogP contribution in [0.15, 0.2) is 30.3 Å². The van der Waals surface area contributed by atoms with Gasteiger partial charge in [0.15, 0.2) is 5.69 Å². The SMILES string of the molecule is Cc1ccc(-c2cc(C(F)(F)F)nc(OCCN)n2)cc1. The molecule has 0 saturated carbocycles. The molecule has 0 aliphatic rings. The molecule has 21 heavy (non-hydrogen) atoms.